The highest BCUT2D eigenvalue weighted by molar-refractivity contribution is 8.01. The first-order valence-corrected chi connectivity index (χ1v) is 7.22. The summed E-state index contributed by atoms with van der Waals surface area (Å²) in [6, 6.07) is 0. The van der Waals surface area contributed by atoms with E-state index in [2.05, 4.69) is 5.16 Å². The van der Waals surface area contributed by atoms with Crippen molar-refractivity contribution >= 4 is 27.4 Å². The molecule has 7 heteroatoms. The molecular formula is C7H16N2O3S2. The zero-order chi connectivity index (χ0) is 11.2. The van der Waals surface area contributed by atoms with Gasteiger partial charge < -0.3 is 10.9 Å². The van der Waals surface area contributed by atoms with Gasteiger partial charge in [0.2, 0.25) is 0 Å². The van der Waals surface area contributed by atoms with Crippen molar-refractivity contribution in [3.05, 3.63) is 0 Å². The number of rotatable bonds is 6. The Hall–Kier alpha value is -0.430. The summed E-state index contributed by atoms with van der Waals surface area (Å²) in [6.07, 6.45) is 1.67. The van der Waals surface area contributed by atoms with Gasteiger partial charge in [0.25, 0.3) is 0 Å². The second-order valence-corrected chi connectivity index (χ2v) is 6.91. The smallest absolute Gasteiger partial charge is 0.148 e. The van der Waals surface area contributed by atoms with Crippen LogP contribution in [0.5, 0.6) is 0 Å². The van der Waals surface area contributed by atoms with E-state index in [4.69, 9.17) is 10.9 Å². The first kappa shape index (κ1) is 13.6. The molecule has 0 aliphatic rings. The Morgan fingerprint density at radius 1 is 1.64 bits per heavy atom. The maximum absolute atomic E-state index is 10.8. The van der Waals surface area contributed by atoms with E-state index in [1.54, 1.807) is 0 Å². The number of amidine groups is 1. The normalized spacial score (nSPS) is 15.4. The van der Waals surface area contributed by atoms with Gasteiger partial charge >= 0.3 is 0 Å². The molecule has 0 aliphatic heterocycles. The summed E-state index contributed by atoms with van der Waals surface area (Å²) in [5, 5.41) is 11.3. The van der Waals surface area contributed by atoms with Crippen molar-refractivity contribution in [3.63, 3.8) is 0 Å². The molecule has 0 fully saturated rings. The second kappa shape index (κ2) is 6.13. The molecule has 14 heavy (non-hydrogen) atoms. The maximum Gasteiger partial charge on any atom is 0.148 e. The maximum atomic E-state index is 10.8. The van der Waals surface area contributed by atoms with Gasteiger partial charge in [0.05, 0.1) is 5.75 Å². The molecule has 0 saturated heterocycles. The van der Waals surface area contributed by atoms with Gasteiger partial charge in [0.1, 0.15) is 15.7 Å². The topological polar surface area (TPSA) is 92.8 Å². The van der Waals surface area contributed by atoms with E-state index in [0.717, 1.165) is 0 Å². The molecule has 0 aliphatic carbocycles. The van der Waals surface area contributed by atoms with E-state index >= 15 is 0 Å². The third-order valence-electron chi connectivity index (χ3n) is 1.48. The lowest BCUT2D eigenvalue weighted by atomic mass is 10.3. The molecule has 0 saturated carbocycles. The summed E-state index contributed by atoms with van der Waals surface area (Å²) in [7, 11) is -2.89. The van der Waals surface area contributed by atoms with Crippen LogP contribution in [-0.4, -0.2) is 42.5 Å². The molecule has 84 valence electrons. The van der Waals surface area contributed by atoms with Crippen LogP contribution < -0.4 is 5.73 Å². The molecule has 0 bridgehead atoms. The van der Waals surface area contributed by atoms with Crippen molar-refractivity contribution < 1.29 is 13.6 Å². The van der Waals surface area contributed by atoms with Crippen LogP contribution in [0.3, 0.4) is 0 Å². The third kappa shape index (κ3) is 8.18. The first-order valence-electron chi connectivity index (χ1n) is 4.11. The van der Waals surface area contributed by atoms with Crippen molar-refractivity contribution in [1.29, 1.82) is 0 Å². The molecule has 0 amide bonds. The van der Waals surface area contributed by atoms with Crippen LogP contribution in [0.25, 0.3) is 0 Å². The lowest BCUT2D eigenvalue weighted by Gasteiger charge is -2.08. The number of hydrogen-bond acceptors (Lipinski definition) is 5. The quantitative estimate of drug-likeness (QED) is 0.301. The largest absolute Gasteiger partial charge is 0.409 e. The molecular weight excluding hydrogens is 224 g/mol. The van der Waals surface area contributed by atoms with Crippen molar-refractivity contribution in [1.82, 2.24) is 0 Å². The zero-order valence-corrected chi connectivity index (χ0v) is 9.94. The van der Waals surface area contributed by atoms with Crippen LogP contribution in [0.1, 0.15) is 13.3 Å². The molecule has 0 aromatic rings. The summed E-state index contributed by atoms with van der Waals surface area (Å²) in [4.78, 5) is 0. The number of nitrogens with zero attached hydrogens (tertiary/aromatic N) is 1. The fraction of sp³-hybridized carbons (Fsp3) is 0.857. The lowest BCUT2D eigenvalue weighted by molar-refractivity contribution is 0.317. The summed E-state index contributed by atoms with van der Waals surface area (Å²) in [5.74, 6) is 0.876. The lowest BCUT2D eigenvalue weighted by Crippen LogP contribution is -2.17. The number of hydrogen-bond donors (Lipinski definition) is 2. The Bertz CT molecular complexity index is 287. The zero-order valence-electron chi connectivity index (χ0n) is 8.30. The average Bonchev–Trinajstić information content (AvgIpc) is 2.01. The molecule has 3 N–H and O–H groups in total. The van der Waals surface area contributed by atoms with Gasteiger partial charge in [-0.15, -0.1) is 0 Å². The van der Waals surface area contributed by atoms with Gasteiger partial charge in [-0.2, -0.15) is 11.8 Å². The van der Waals surface area contributed by atoms with E-state index in [0.29, 0.717) is 12.2 Å². The summed E-state index contributed by atoms with van der Waals surface area (Å²) < 4.78 is 21.6. The van der Waals surface area contributed by atoms with Crippen LogP contribution in [0.4, 0.5) is 0 Å². The highest BCUT2D eigenvalue weighted by Crippen LogP contribution is 2.13. The van der Waals surface area contributed by atoms with Crippen molar-refractivity contribution in [2.24, 2.45) is 10.9 Å². The van der Waals surface area contributed by atoms with E-state index in [9.17, 15) is 8.42 Å². The van der Waals surface area contributed by atoms with Gasteiger partial charge in [-0.3, -0.25) is 0 Å². The van der Waals surface area contributed by atoms with Gasteiger partial charge in [-0.1, -0.05) is 12.1 Å². The fourth-order valence-corrected chi connectivity index (χ4v) is 3.08. The van der Waals surface area contributed by atoms with Crippen LogP contribution in [0.15, 0.2) is 5.16 Å². The average molecular weight is 240 g/mol. The van der Waals surface area contributed by atoms with E-state index < -0.39 is 9.84 Å². The van der Waals surface area contributed by atoms with Crippen molar-refractivity contribution in [2.75, 3.05) is 17.8 Å². The Morgan fingerprint density at radius 3 is 2.64 bits per heavy atom. The summed E-state index contributed by atoms with van der Waals surface area (Å²) in [6.45, 7) is 1.91. The Kier molecular flexibility index (Phi) is 5.94. The molecule has 1 unspecified atom stereocenters. The molecule has 5 nitrogen and oxygen atoms in total. The highest BCUT2D eigenvalue weighted by atomic mass is 32.2. The van der Waals surface area contributed by atoms with Crippen LogP contribution in [0, 0.1) is 0 Å². The molecule has 0 spiro atoms. The summed E-state index contributed by atoms with van der Waals surface area (Å²) in [5.41, 5.74) is 5.30. The van der Waals surface area contributed by atoms with E-state index in [1.165, 1.54) is 18.0 Å². The first-order chi connectivity index (χ1) is 6.35. The van der Waals surface area contributed by atoms with Crippen LogP contribution >= 0.6 is 11.8 Å². The number of oxime groups is 1. The highest BCUT2D eigenvalue weighted by Gasteiger charge is 2.08. The van der Waals surface area contributed by atoms with Crippen LogP contribution in [-0.2, 0) is 9.84 Å². The predicted molar refractivity (Wildman–Crippen MR) is 59.7 cm³/mol. The monoisotopic (exact) mass is 240 g/mol. The van der Waals surface area contributed by atoms with Gasteiger partial charge in [-0.25, -0.2) is 8.42 Å². The van der Waals surface area contributed by atoms with Crippen molar-refractivity contribution in [3.8, 4) is 0 Å². The fourth-order valence-electron chi connectivity index (χ4n) is 0.795. The number of nitrogens with two attached hydrogens (primary N) is 1. The van der Waals surface area contributed by atoms with E-state index in [1.807, 2.05) is 6.92 Å². The van der Waals surface area contributed by atoms with Gasteiger partial charge in [0, 0.05) is 23.7 Å². The van der Waals surface area contributed by atoms with Crippen LogP contribution in [0.2, 0.25) is 0 Å². The standard InChI is InChI=1S/C7H16N2O3S2/c1-6(5-7(8)9-10)13-3-4-14(2,11)12/h6,10H,3-5H2,1-2H3,(H2,8,9). The molecule has 0 rings (SSSR count). The molecule has 0 aromatic heterocycles. The third-order valence-corrected chi connectivity index (χ3v) is 3.86. The summed E-state index contributed by atoms with van der Waals surface area (Å²) >= 11 is 1.50. The molecule has 0 aromatic carbocycles. The number of sulfone groups is 1. The minimum Gasteiger partial charge on any atom is -0.409 e. The van der Waals surface area contributed by atoms with Gasteiger partial charge in [0.15, 0.2) is 0 Å². The van der Waals surface area contributed by atoms with Gasteiger partial charge in [-0.05, 0) is 0 Å². The molecule has 0 radical (unpaired) electrons. The Labute approximate surface area is 88.7 Å². The SMILES string of the molecule is CC(CC(N)=NO)SCCS(C)(=O)=O. The molecule has 0 heterocycles. The minimum atomic E-state index is -2.89. The predicted octanol–water partition coefficient (Wildman–Crippen LogP) is 0.289. The Balaban J connectivity index is 3.70. The second-order valence-electron chi connectivity index (χ2n) is 3.11. The van der Waals surface area contributed by atoms with Crippen molar-refractivity contribution in [2.45, 2.75) is 18.6 Å². The van der Waals surface area contributed by atoms with E-state index in [-0.39, 0.29) is 16.8 Å². The minimum absolute atomic E-state index is 0.160. The Morgan fingerprint density at radius 2 is 2.21 bits per heavy atom. The molecule has 1 atom stereocenters. The number of thioether (sulfide) groups is 1.